The largest absolute Gasteiger partial charge is 0.490 e. The topological polar surface area (TPSA) is 164 Å². The van der Waals surface area contributed by atoms with Gasteiger partial charge in [-0.1, -0.05) is 12.1 Å². The number of aliphatic hydroxyl groups excluding tert-OH is 1. The van der Waals surface area contributed by atoms with Gasteiger partial charge in [0.25, 0.3) is 21.8 Å². The molecular weight excluding hydrogens is 626 g/mol. The number of aliphatic hydroxyl groups is 1. The van der Waals surface area contributed by atoms with Gasteiger partial charge < -0.3 is 28.9 Å². The first-order valence-corrected chi connectivity index (χ1v) is 17.3. The minimum Gasteiger partial charge on any atom is -0.490 e. The van der Waals surface area contributed by atoms with Gasteiger partial charge in [0, 0.05) is 56.3 Å². The van der Waals surface area contributed by atoms with Crippen LogP contribution >= 0.6 is 0 Å². The van der Waals surface area contributed by atoms with E-state index in [9.17, 15) is 23.1 Å². The van der Waals surface area contributed by atoms with Crippen LogP contribution in [0.1, 0.15) is 72.2 Å². The molecule has 3 heterocycles. The third-order valence-corrected chi connectivity index (χ3v) is 9.89. The van der Waals surface area contributed by atoms with Gasteiger partial charge in [-0.15, -0.1) is 0 Å². The van der Waals surface area contributed by atoms with E-state index in [-0.39, 0.29) is 65.2 Å². The molecule has 47 heavy (non-hydrogen) atoms. The number of nitrogens with one attached hydrogen (secondary N) is 1. The number of hydrogen-bond donors (Lipinski definition) is 2. The first kappa shape index (κ1) is 35.8. The maximum Gasteiger partial charge on any atom is 0.267 e. The second kappa shape index (κ2) is 15.7. The van der Waals surface area contributed by atoms with Crippen LogP contribution in [0.4, 0.5) is 5.69 Å². The van der Waals surface area contributed by atoms with Crippen molar-refractivity contribution >= 4 is 27.5 Å². The minimum atomic E-state index is -4.09. The third-order valence-electron chi connectivity index (χ3n) is 8.27. The Hall–Kier alpha value is -4.01. The highest BCUT2D eigenvalue weighted by Gasteiger charge is 2.32. The molecular formula is C33H45N5O8S. The highest BCUT2D eigenvalue weighted by Crippen LogP contribution is 2.30. The summed E-state index contributed by atoms with van der Waals surface area (Å²) in [6.45, 7) is 9.25. The lowest BCUT2D eigenvalue weighted by atomic mass is 10.0. The van der Waals surface area contributed by atoms with Gasteiger partial charge in [-0.3, -0.25) is 19.3 Å². The van der Waals surface area contributed by atoms with Crippen LogP contribution in [-0.4, -0.2) is 96.9 Å². The van der Waals surface area contributed by atoms with Crippen molar-refractivity contribution < 1.29 is 37.1 Å². The number of aromatic nitrogens is 2. The van der Waals surface area contributed by atoms with E-state index >= 15 is 0 Å². The number of pyridine rings is 1. The number of benzene rings is 1. The van der Waals surface area contributed by atoms with Crippen LogP contribution in [-0.2, 0) is 14.8 Å². The molecule has 0 aliphatic carbocycles. The standard InChI is InChI=1S/C33H45N5O8S/c1-21-18-38(22(2)20-39)33(41)28-17-27(36-47(42,43)31-24(4)35-46-25(31)5)10-11-29(28)45-23(3)9-7-8-16-44-30(21)19-37(6)32(40)26-12-14-34-15-13-26/h10-15,17,21-23,30,36,39H,7-9,16,18-20H2,1-6H3/t21-,22-,23-,30+/m1/s1. The Morgan fingerprint density at radius 2 is 1.89 bits per heavy atom. The zero-order valence-electron chi connectivity index (χ0n) is 27.8. The number of sulfonamides is 1. The SMILES string of the molecule is Cc1noc(C)c1S(=O)(=O)Nc1ccc2c(c1)C(=O)N([C@H](C)CO)C[C@@H](C)[C@H](CN(C)C(=O)c1ccncc1)OCCCC[C@@H](C)O2. The Kier molecular flexibility index (Phi) is 12.0. The quantitative estimate of drug-likeness (QED) is 0.357. The molecule has 2 aromatic heterocycles. The van der Waals surface area contributed by atoms with E-state index in [1.807, 2.05) is 13.8 Å². The van der Waals surface area contributed by atoms with Crippen molar-refractivity contribution in [3.63, 3.8) is 0 Å². The smallest absolute Gasteiger partial charge is 0.267 e. The number of rotatable bonds is 8. The molecule has 13 nitrogen and oxygen atoms in total. The van der Waals surface area contributed by atoms with Gasteiger partial charge >= 0.3 is 0 Å². The van der Waals surface area contributed by atoms with Crippen molar-refractivity contribution in [1.82, 2.24) is 19.9 Å². The highest BCUT2D eigenvalue weighted by molar-refractivity contribution is 7.92. The molecule has 4 rings (SSSR count). The van der Waals surface area contributed by atoms with E-state index in [1.54, 1.807) is 55.5 Å². The fourth-order valence-corrected chi connectivity index (χ4v) is 6.96. The molecule has 0 spiro atoms. The molecule has 2 amide bonds. The Bertz CT molecular complexity index is 1610. The van der Waals surface area contributed by atoms with Crippen molar-refractivity contribution in [3.05, 3.63) is 65.3 Å². The lowest BCUT2D eigenvalue weighted by molar-refractivity contribution is -0.0149. The fourth-order valence-electron chi connectivity index (χ4n) is 5.58. The summed E-state index contributed by atoms with van der Waals surface area (Å²) in [5, 5.41) is 14.0. The maximum atomic E-state index is 14.4. The van der Waals surface area contributed by atoms with Gasteiger partial charge in [-0.25, -0.2) is 8.42 Å². The molecule has 0 saturated carbocycles. The molecule has 1 aliphatic rings. The minimum absolute atomic E-state index is 0.0726. The molecule has 4 atom stereocenters. The normalized spacial score (nSPS) is 20.4. The summed E-state index contributed by atoms with van der Waals surface area (Å²) < 4.78 is 46.8. The number of aryl methyl sites for hydroxylation is 2. The number of carbonyl (C=O) groups is 2. The third kappa shape index (κ3) is 8.87. The molecule has 14 heteroatoms. The monoisotopic (exact) mass is 671 g/mol. The van der Waals surface area contributed by atoms with Crippen molar-refractivity contribution in [1.29, 1.82) is 0 Å². The average Bonchev–Trinajstić information content (AvgIpc) is 3.40. The van der Waals surface area contributed by atoms with E-state index in [4.69, 9.17) is 14.0 Å². The Balaban J connectivity index is 1.67. The first-order chi connectivity index (χ1) is 22.3. The van der Waals surface area contributed by atoms with Gasteiger partial charge in [0.15, 0.2) is 10.7 Å². The Labute approximate surface area is 276 Å². The zero-order valence-corrected chi connectivity index (χ0v) is 28.6. The number of fused-ring (bicyclic) bond motifs is 1. The number of nitrogens with zero attached hydrogens (tertiary/aromatic N) is 4. The number of likely N-dealkylation sites (N-methyl/N-ethyl adjacent to an activating group) is 1. The highest BCUT2D eigenvalue weighted by atomic mass is 32.2. The van der Waals surface area contributed by atoms with Crippen LogP contribution in [0, 0.1) is 19.8 Å². The Morgan fingerprint density at radius 1 is 1.17 bits per heavy atom. The predicted octanol–water partition coefficient (Wildman–Crippen LogP) is 4.05. The predicted molar refractivity (Wildman–Crippen MR) is 175 cm³/mol. The molecule has 1 aliphatic heterocycles. The molecule has 0 fully saturated rings. The van der Waals surface area contributed by atoms with Crippen LogP contribution in [0.15, 0.2) is 52.1 Å². The molecule has 256 valence electrons. The van der Waals surface area contributed by atoms with E-state index in [0.717, 1.165) is 12.8 Å². The van der Waals surface area contributed by atoms with Gasteiger partial charge in [-0.05, 0) is 77.3 Å². The van der Waals surface area contributed by atoms with E-state index < -0.39 is 28.1 Å². The first-order valence-electron chi connectivity index (χ1n) is 15.8. The summed E-state index contributed by atoms with van der Waals surface area (Å²) in [7, 11) is -2.38. The number of ether oxygens (including phenoxy) is 2. The van der Waals surface area contributed by atoms with Crippen LogP contribution in [0.25, 0.3) is 0 Å². The molecule has 1 aromatic carbocycles. The van der Waals surface area contributed by atoms with Crippen molar-refractivity contribution in [3.8, 4) is 5.75 Å². The zero-order chi connectivity index (χ0) is 34.3. The molecule has 2 N–H and O–H groups in total. The van der Waals surface area contributed by atoms with Gasteiger partial charge in [0.2, 0.25) is 0 Å². The number of amides is 2. The number of carbonyl (C=O) groups excluding carboxylic acids is 2. The summed E-state index contributed by atoms with van der Waals surface area (Å²) in [5.74, 6) is -0.434. The summed E-state index contributed by atoms with van der Waals surface area (Å²) in [6.07, 6.45) is 4.72. The lowest BCUT2D eigenvalue weighted by Crippen LogP contribution is -2.48. The van der Waals surface area contributed by atoms with Crippen LogP contribution in [0.5, 0.6) is 5.75 Å². The number of anilines is 1. The van der Waals surface area contributed by atoms with Crippen molar-refractivity contribution in [2.75, 3.05) is 38.1 Å². The second-order valence-electron chi connectivity index (χ2n) is 12.2. The maximum absolute atomic E-state index is 14.4. The molecule has 0 saturated heterocycles. The van der Waals surface area contributed by atoms with Crippen molar-refractivity contribution in [2.24, 2.45) is 5.92 Å². The van der Waals surface area contributed by atoms with Crippen molar-refractivity contribution in [2.45, 2.75) is 77.0 Å². The lowest BCUT2D eigenvalue weighted by Gasteiger charge is -2.36. The Morgan fingerprint density at radius 3 is 2.55 bits per heavy atom. The van der Waals surface area contributed by atoms with Gasteiger partial charge in [0.1, 0.15) is 11.4 Å². The van der Waals surface area contributed by atoms with Crippen LogP contribution < -0.4 is 9.46 Å². The van der Waals surface area contributed by atoms with Crippen LogP contribution in [0.3, 0.4) is 0 Å². The molecule has 0 radical (unpaired) electrons. The fraction of sp³-hybridized carbons (Fsp3) is 0.515. The summed E-state index contributed by atoms with van der Waals surface area (Å²) in [6, 6.07) is 7.29. The van der Waals surface area contributed by atoms with E-state index in [2.05, 4.69) is 14.9 Å². The molecule has 0 unspecified atom stereocenters. The molecule has 3 aromatic rings. The summed E-state index contributed by atoms with van der Waals surface area (Å²) in [4.78, 5) is 34.6. The van der Waals surface area contributed by atoms with Gasteiger partial charge in [0.05, 0.1) is 30.4 Å². The van der Waals surface area contributed by atoms with Crippen LogP contribution in [0.2, 0.25) is 0 Å². The second-order valence-corrected chi connectivity index (χ2v) is 13.8. The number of hydrogen-bond acceptors (Lipinski definition) is 10. The average molecular weight is 672 g/mol. The molecule has 0 bridgehead atoms. The summed E-state index contributed by atoms with van der Waals surface area (Å²) in [5.41, 5.74) is 1.01. The van der Waals surface area contributed by atoms with E-state index in [0.29, 0.717) is 24.3 Å². The van der Waals surface area contributed by atoms with E-state index in [1.165, 1.54) is 24.8 Å². The summed E-state index contributed by atoms with van der Waals surface area (Å²) >= 11 is 0. The van der Waals surface area contributed by atoms with Gasteiger partial charge in [-0.2, -0.15) is 0 Å².